The first-order chi connectivity index (χ1) is 14.2. The van der Waals surface area contributed by atoms with Gasteiger partial charge in [0, 0.05) is 51.9 Å². The molecule has 0 aliphatic carbocycles. The Kier molecular flexibility index (Phi) is 8.56. The normalized spacial score (nSPS) is 15.4. The van der Waals surface area contributed by atoms with Gasteiger partial charge in [0.05, 0.1) is 16.4 Å². The molecule has 0 radical (unpaired) electrons. The van der Waals surface area contributed by atoms with Crippen molar-refractivity contribution in [3.8, 4) is 0 Å². The third kappa shape index (κ3) is 5.67. The molecule has 0 bridgehead atoms. The summed E-state index contributed by atoms with van der Waals surface area (Å²) < 4.78 is 26.7. The molecule has 0 unspecified atom stereocenters. The van der Waals surface area contributed by atoms with E-state index in [4.69, 9.17) is 0 Å². The highest BCUT2D eigenvalue weighted by Gasteiger charge is 2.29. The van der Waals surface area contributed by atoms with Crippen LogP contribution in [0.1, 0.15) is 27.2 Å². The molecular weight excluding hydrogens is 410 g/mol. The number of piperazine rings is 1. The molecule has 1 aromatic carbocycles. The minimum absolute atomic E-state index is 0.0257. The van der Waals surface area contributed by atoms with E-state index in [0.717, 1.165) is 12.5 Å². The van der Waals surface area contributed by atoms with Crippen molar-refractivity contribution in [1.29, 1.82) is 0 Å². The largest absolute Gasteiger partial charge is 0.363 e. The summed E-state index contributed by atoms with van der Waals surface area (Å²) in [4.78, 5) is 26.8. The maximum absolute atomic E-state index is 12.7. The van der Waals surface area contributed by atoms with Crippen LogP contribution in [0.15, 0.2) is 23.1 Å². The third-order valence-electron chi connectivity index (χ3n) is 5.14. The molecule has 0 spiro atoms. The van der Waals surface area contributed by atoms with Crippen molar-refractivity contribution >= 4 is 27.3 Å². The molecule has 30 heavy (non-hydrogen) atoms. The predicted octanol–water partition coefficient (Wildman–Crippen LogP) is 1.27. The minimum Gasteiger partial charge on any atom is -0.363 e. The predicted molar refractivity (Wildman–Crippen MR) is 115 cm³/mol. The van der Waals surface area contributed by atoms with Gasteiger partial charge in [0.25, 0.3) is 5.69 Å². The van der Waals surface area contributed by atoms with Gasteiger partial charge in [-0.3, -0.25) is 19.8 Å². The van der Waals surface area contributed by atoms with E-state index in [9.17, 15) is 23.3 Å². The van der Waals surface area contributed by atoms with Crippen LogP contribution in [0, 0.1) is 10.1 Å². The van der Waals surface area contributed by atoms with Gasteiger partial charge in [0.15, 0.2) is 0 Å². The van der Waals surface area contributed by atoms with E-state index in [0.29, 0.717) is 58.0 Å². The fourth-order valence-corrected chi connectivity index (χ4v) is 4.94. The first kappa shape index (κ1) is 24.0. The second-order valence-corrected chi connectivity index (χ2v) is 9.05. The molecule has 0 saturated carbocycles. The van der Waals surface area contributed by atoms with Gasteiger partial charge in [0.2, 0.25) is 15.9 Å². The van der Waals surface area contributed by atoms with Crippen LogP contribution in [0.2, 0.25) is 0 Å². The Morgan fingerprint density at radius 2 is 1.80 bits per heavy atom. The van der Waals surface area contributed by atoms with Gasteiger partial charge in [0.1, 0.15) is 5.69 Å². The summed E-state index contributed by atoms with van der Waals surface area (Å²) in [6, 6.07) is 4.09. The van der Waals surface area contributed by atoms with E-state index in [1.165, 1.54) is 16.4 Å². The van der Waals surface area contributed by atoms with Crippen molar-refractivity contribution in [2.24, 2.45) is 0 Å². The quantitative estimate of drug-likeness (QED) is 0.429. The van der Waals surface area contributed by atoms with Crippen molar-refractivity contribution in [2.75, 3.05) is 57.3 Å². The van der Waals surface area contributed by atoms with E-state index >= 15 is 0 Å². The van der Waals surface area contributed by atoms with Crippen LogP contribution in [0.25, 0.3) is 0 Å². The number of hydrogen-bond donors (Lipinski definition) is 1. The van der Waals surface area contributed by atoms with Gasteiger partial charge in [-0.25, -0.2) is 8.42 Å². The SMILES string of the molecule is CCCNC(=O)CN1CCN(c2ccc(S(=O)(=O)N(CC)CC)cc2[N+](=O)[O-])CC1. The van der Waals surface area contributed by atoms with Gasteiger partial charge >= 0.3 is 0 Å². The number of nitrogens with zero attached hydrogens (tertiary/aromatic N) is 4. The van der Waals surface area contributed by atoms with Crippen molar-refractivity contribution in [3.05, 3.63) is 28.3 Å². The molecule has 1 aromatic rings. The summed E-state index contributed by atoms with van der Waals surface area (Å²) in [5.41, 5.74) is 0.172. The highest BCUT2D eigenvalue weighted by atomic mass is 32.2. The molecule has 0 aromatic heterocycles. The summed E-state index contributed by atoms with van der Waals surface area (Å²) in [7, 11) is -3.78. The summed E-state index contributed by atoms with van der Waals surface area (Å²) in [6.45, 7) is 9.21. The van der Waals surface area contributed by atoms with Crippen LogP contribution in [0.4, 0.5) is 11.4 Å². The number of benzene rings is 1. The van der Waals surface area contributed by atoms with Gasteiger partial charge in [-0.15, -0.1) is 0 Å². The number of rotatable bonds is 10. The molecule has 168 valence electrons. The number of carbonyl (C=O) groups is 1. The van der Waals surface area contributed by atoms with Crippen LogP contribution >= 0.6 is 0 Å². The monoisotopic (exact) mass is 441 g/mol. The molecule has 11 heteroatoms. The number of anilines is 1. The van der Waals surface area contributed by atoms with Crippen molar-refractivity contribution in [3.63, 3.8) is 0 Å². The van der Waals surface area contributed by atoms with Gasteiger partial charge < -0.3 is 10.2 Å². The number of nitro benzene ring substituents is 1. The van der Waals surface area contributed by atoms with Crippen LogP contribution < -0.4 is 10.2 Å². The first-order valence-corrected chi connectivity index (χ1v) is 11.7. The molecule has 1 heterocycles. The zero-order valence-corrected chi connectivity index (χ0v) is 18.7. The second kappa shape index (κ2) is 10.7. The zero-order valence-electron chi connectivity index (χ0n) is 17.8. The Labute approximate surface area is 178 Å². The van der Waals surface area contributed by atoms with Crippen LogP contribution in [0.3, 0.4) is 0 Å². The standard InChI is InChI=1S/C19H31N5O5S/c1-4-9-20-19(25)15-21-10-12-22(13-11-21)17-8-7-16(14-18(17)24(26)27)30(28,29)23(5-2)6-3/h7-8,14H,4-6,9-13,15H2,1-3H3,(H,20,25). The van der Waals surface area contributed by atoms with E-state index in [1.54, 1.807) is 13.8 Å². The van der Waals surface area contributed by atoms with Crippen molar-refractivity contribution in [1.82, 2.24) is 14.5 Å². The number of sulfonamides is 1. The molecule has 0 atom stereocenters. The van der Waals surface area contributed by atoms with Crippen molar-refractivity contribution < 1.29 is 18.1 Å². The minimum atomic E-state index is -3.78. The highest BCUT2D eigenvalue weighted by molar-refractivity contribution is 7.89. The molecule has 1 amide bonds. The highest BCUT2D eigenvalue weighted by Crippen LogP contribution is 2.32. The molecule has 1 saturated heterocycles. The average Bonchev–Trinajstić information content (AvgIpc) is 2.73. The molecule has 1 N–H and O–H groups in total. The van der Waals surface area contributed by atoms with E-state index in [-0.39, 0.29) is 16.5 Å². The fraction of sp³-hybridized carbons (Fsp3) is 0.632. The van der Waals surface area contributed by atoms with E-state index in [2.05, 4.69) is 5.32 Å². The Balaban J connectivity index is 2.15. The summed E-state index contributed by atoms with van der Waals surface area (Å²) in [6.07, 6.45) is 0.878. The first-order valence-electron chi connectivity index (χ1n) is 10.3. The Hall–Kier alpha value is -2.24. The average molecular weight is 442 g/mol. The van der Waals surface area contributed by atoms with Gasteiger partial charge in [-0.2, -0.15) is 4.31 Å². The maximum atomic E-state index is 12.7. The van der Waals surface area contributed by atoms with E-state index in [1.807, 2.05) is 16.7 Å². The Bertz CT molecular complexity index is 849. The zero-order chi connectivity index (χ0) is 22.3. The molecule has 10 nitrogen and oxygen atoms in total. The lowest BCUT2D eigenvalue weighted by molar-refractivity contribution is -0.384. The molecule has 1 fully saturated rings. The fourth-order valence-electron chi connectivity index (χ4n) is 3.46. The van der Waals surface area contributed by atoms with Crippen LogP contribution in [0.5, 0.6) is 0 Å². The van der Waals surface area contributed by atoms with Crippen LogP contribution in [-0.4, -0.2) is 80.8 Å². The lowest BCUT2D eigenvalue weighted by atomic mass is 10.2. The number of nitrogens with one attached hydrogen (secondary N) is 1. The van der Waals surface area contributed by atoms with Gasteiger partial charge in [-0.05, 0) is 18.6 Å². The summed E-state index contributed by atoms with van der Waals surface area (Å²) >= 11 is 0. The second-order valence-electron chi connectivity index (χ2n) is 7.11. The van der Waals surface area contributed by atoms with Crippen LogP contribution in [-0.2, 0) is 14.8 Å². The smallest absolute Gasteiger partial charge is 0.293 e. The molecule has 2 rings (SSSR count). The number of hydrogen-bond acceptors (Lipinski definition) is 7. The molecule has 1 aliphatic rings. The number of amides is 1. The molecular formula is C19H31N5O5S. The number of carbonyl (C=O) groups excluding carboxylic acids is 1. The third-order valence-corrected chi connectivity index (χ3v) is 7.19. The van der Waals surface area contributed by atoms with Gasteiger partial charge in [-0.1, -0.05) is 20.8 Å². The Morgan fingerprint density at radius 1 is 1.17 bits per heavy atom. The molecule has 1 aliphatic heterocycles. The Morgan fingerprint density at radius 3 is 2.33 bits per heavy atom. The lowest BCUT2D eigenvalue weighted by Gasteiger charge is -2.35. The van der Waals surface area contributed by atoms with E-state index < -0.39 is 14.9 Å². The summed E-state index contributed by atoms with van der Waals surface area (Å²) in [5.74, 6) is -0.0257. The van der Waals surface area contributed by atoms with Crippen molar-refractivity contribution in [2.45, 2.75) is 32.1 Å². The topological polar surface area (TPSA) is 116 Å². The number of nitro groups is 1. The maximum Gasteiger partial charge on any atom is 0.293 e. The summed E-state index contributed by atoms with van der Waals surface area (Å²) in [5, 5.41) is 14.5. The lowest BCUT2D eigenvalue weighted by Crippen LogP contribution is -2.49.